The van der Waals surface area contributed by atoms with Crippen LogP contribution in [0, 0.1) is 5.92 Å². The van der Waals surface area contributed by atoms with Crippen LogP contribution in [-0.2, 0) is 4.79 Å². The fourth-order valence-corrected chi connectivity index (χ4v) is 1.15. The second-order valence-electron chi connectivity index (χ2n) is 3.41. The van der Waals surface area contributed by atoms with E-state index in [1.165, 1.54) is 0 Å². The van der Waals surface area contributed by atoms with Crippen molar-refractivity contribution in [3.63, 3.8) is 0 Å². The molecule has 0 aliphatic rings. The Balaban J connectivity index is 4.34. The van der Waals surface area contributed by atoms with E-state index in [4.69, 9.17) is 0 Å². The molecule has 0 rings (SSSR count). The Labute approximate surface area is 87.2 Å². The van der Waals surface area contributed by atoms with Crippen molar-refractivity contribution in [1.82, 2.24) is 0 Å². The van der Waals surface area contributed by atoms with Gasteiger partial charge in [0.15, 0.2) is 5.78 Å². The van der Waals surface area contributed by atoms with Crippen LogP contribution in [-0.4, -0.2) is 5.78 Å². The van der Waals surface area contributed by atoms with Crippen molar-refractivity contribution < 1.29 is 4.79 Å². The highest BCUT2D eigenvalue weighted by Crippen LogP contribution is 2.06. The van der Waals surface area contributed by atoms with Gasteiger partial charge in [0.1, 0.15) is 0 Å². The maximum Gasteiger partial charge on any atom is 0.161 e. The van der Waals surface area contributed by atoms with Gasteiger partial charge in [0.25, 0.3) is 0 Å². The first-order valence-electron chi connectivity index (χ1n) is 5.13. The van der Waals surface area contributed by atoms with Crippen LogP contribution in [0.25, 0.3) is 0 Å². The summed E-state index contributed by atoms with van der Waals surface area (Å²) in [6.07, 6.45) is 10.6. The largest absolute Gasteiger partial charge is 0.294 e. The zero-order valence-corrected chi connectivity index (χ0v) is 9.58. The van der Waals surface area contributed by atoms with Gasteiger partial charge in [-0.3, -0.25) is 4.79 Å². The van der Waals surface area contributed by atoms with Crippen LogP contribution < -0.4 is 0 Å². The SMILES string of the molecule is C/C=C/C(=O)[C@H](C)/C=C(C)/C=C/CC. The van der Waals surface area contributed by atoms with Gasteiger partial charge in [-0.1, -0.05) is 43.7 Å². The first-order valence-corrected chi connectivity index (χ1v) is 5.13. The summed E-state index contributed by atoms with van der Waals surface area (Å²) < 4.78 is 0. The van der Waals surface area contributed by atoms with E-state index in [-0.39, 0.29) is 11.7 Å². The summed E-state index contributed by atoms with van der Waals surface area (Å²) in [4.78, 5) is 11.4. The van der Waals surface area contributed by atoms with Crippen molar-refractivity contribution in [1.29, 1.82) is 0 Å². The molecule has 0 aliphatic heterocycles. The lowest BCUT2D eigenvalue weighted by Crippen LogP contribution is -2.04. The molecule has 78 valence electrons. The van der Waals surface area contributed by atoms with Crippen molar-refractivity contribution in [3.8, 4) is 0 Å². The predicted octanol–water partition coefficient (Wildman–Crippen LogP) is 3.68. The number of rotatable bonds is 5. The number of ketones is 1. The molecule has 0 heterocycles. The molecule has 0 saturated carbocycles. The molecule has 0 N–H and O–H groups in total. The maximum absolute atomic E-state index is 11.4. The Morgan fingerprint density at radius 2 is 2.00 bits per heavy atom. The second kappa shape index (κ2) is 7.31. The monoisotopic (exact) mass is 192 g/mol. The summed E-state index contributed by atoms with van der Waals surface area (Å²) in [6, 6.07) is 0. The van der Waals surface area contributed by atoms with Crippen molar-refractivity contribution in [2.24, 2.45) is 5.92 Å². The summed E-state index contributed by atoms with van der Waals surface area (Å²) >= 11 is 0. The van der Waals surface area contributed by atoms with E-state index >= 15 is 0 Å². The predicted molar refractivity (Wildman–Crippen MR) is 62.2 cm³/mol. The lowest BCUT2D eigenvalue weighted by Gasteiger charge is -2.01. The van der Waals surface area contributed by atoms with Gasteiger partial charge in [0.05, 0.1) is 0 Å². The van der Waals surface area contributed by atoms with Gasteiger partial charge >= 0.3 is 0 Å². The van der Waals surface area contributed by atoms with Crippen LogP contribution in [0.5, 0.6) is 0 Å². The minimum atomic E-state index is -0.0206. The van der Waals surface area contributed by atoms with Crippen LogP contribution in [0.1, 0.15) is 34.1 Å². The lowest BCUT2D eigenvalue weighted by molar-refractivity contribution is -0.116. The zero-order chi connectivity index (χ0) is 11.0. The van der Waals surface area contributed by atoms with Gasteiger partial charge in [-0.2, -0.15) is 0 Å². The van der Waals surface area contributed by atoms with E-state index < -0.39 is 0 Å². The lowest BCUT2D eigenvalue weighted by atomic mass is 10.0. The molecule has 0 bridgehead atoms. The average molecular weight is 192 g/mol. The molecule has 0 saturated heterocycles. The van der Waals surface area contributed by atoms with Crippen molar-refractivity contribution >= 4 is 5.78 Å². The summed E-state index contributed by atoms with van der Waals surface area (Å²) in [7, 11) is 0. The molecule has 1 atom stereocenters. The molecule has 0 radical (unpaired) electrons. The molecule has 0 aromatic rings. The molecule has 0 aromatic heterocycles. The highest BCUT2D eigenvalue weighted by Gasteiger charge is 2.05. The van der Waals surface area contributed by atoms with Crippen LogP contribution in [0.3, 0.4) is 0 Å². The third-order valence-corrected chi connectivity index (χ3v) is 1.91. The summed E-state index contributed by atoms with van der Waals surface area (Å²) in [6.45, 7) is 7.90. The van der Waals surface area contributed by atoms with E-state index in [0.717, 1.165) is 12.0 Å². The van der Waals surface area contributed by atoms with Crippen LogP contribution >= 0.6 is 0 Å². The van der Waals surface area contributed by atoms with Gasteiger partial charge in [0, 0.05) is 5.92 Å². The first kappa shape index (κ1) is 12.9. The number of carbonyl (C=O) groups is 1. The highest BCUT2D eigenvalue weighted by atomic mass is 16.1. The van der Waals surface area contributed by atoms with Gasteiger partial charge in [-0.15, -0.1) is 0 Å². The Hall–Kier alpha value is -1.11. The van der Waals surface area contributed by atoms with Gasteiger partial charge in [-0.25, -0.2) is 0 Å². The molecule has 0 amide bonds. The minimum absolute atomic E-state index is 0.0206. The normalized spacial score (nSPS) is 15.3. The summed E-state index contributed by atoms with van der Waals surface area (Å²) in [5, 5.41) is 0. The second-order valence-corrected chi connectivity index (χ2v) is 3.41. The topological polar surface area (TPSA) is 17.1 Å². The third kappa shape index (κ3) is 5.52. The number of hydrogen-bond donors (Lipinski definition) is 0. The van der Waals surface area contributed by atoms with E-state index in [9.17, 15) is 4.79 Å². The molecule has 0 fully saturated rings. The van der Waals surface area contributed by atoms with Crippen molar-refractivity contribution in [2.75, 3.05) is 0 Å². The maximum atomic E-state index is 11.4. The first-order chi connectivity index (χ1) is 6.61. The van der Waals surface area contributed by atoms with Crippen LogP contribution in [0.2, 0.25) is 0 Å². The molecular weight excluding hydrogens is 172 g/mol. The molecule has 1 nitrogen and oxygen atoms in total. The average Bonchev–Trinajstić information content (AvgIpc) is 2.15. The van der Waals surface area contributed by atoms with E-state index in [2.05, 4.69) is 19.1 Å². The van der Waals surface area contributed by atoms with Gasteiger partial charge in [0.2, 0.25) is 0 Å². The standard InChI is InChI=1S/C13H20O/c1-5-7-9-11(3)10-12(4)13(14)8-6-2/h6-10,12H,5H2,1-4H3/b8-6+,9-7+,11-10+/t12-/m1/s1. The van der Waals surface area contributed by atoms with Crippen LogP contribution in [0.4, 0.5) is 0 Å². The molecule has 14 heavy (non-hydrogen) atoms. The smallest absolute Gasteiger partial charge is 0.161 e. The quantitative estimate of drug-likeness (QED) is 0.479. The third-order valence-electron chi connectivity index (χ3n) is 1.91. The van der Waals surface area contributed by atoms with Crippen molar-refractivity contribution in [3.05, 3.63) is 36.0 Å². The van der Waals surface area contributed by atoms with Crippen molar-refractivity contribution in [2.45, 2.75) is 34.1 Å². The number of hydrogen-bond acceptors (Lipinski definition) is 1. The Morgan fingerprint density at radius 3 is 2.50 bits per heavy atom. The zero-order valence-electron chi connectivity index (χ0n) is 9.58. The fourth-order valence-electron chi connectivity index (χ4n) is 1.15. The van der Waals surface area contributed by atoms with Gasteiger partial charge < -0.3 is 0 Å². The van der Waals surface area contributed by atoms with E-state index in [0.29, 0.717) is 0 Å². The molecular formula is C13H20O. The number of allylic oxidation sites excluding steroid dienone is 6. The van der Waals surface area contributed by atoms with Gasteiger partial charge in [-0.05, 0) is 26.3 Å². The highest BCUT2D eigenvalue weighted by molar-refractivity contribution is 5.92. The summed E-state index contributed by atoms with van der Waals surface area (Å²) in [5.41, 5.74) is 1.15. The molecule has 0 spiro atoms. The molecule has 0 aliphatic carbocycles. The Kier molecular flexibility index (Phi) is 6.73. The molecule has 0 aromatic carbocycles. The Morgan fingerprint density at radius 1 is 1.36 bits per heavy atom. The fraction of sp³-hybridized carbons (Fsp3) is 0.462. The Bertz CT molecular complexity index is 256. The van der Waals surface area contributed by atoms with E-state index in [1.54, 1.807) is 12.2 Å². The number of carbonyl (C=O) groups excluding carboxylic acids is 1. The molecule has 0 unspecified atom stereocenters. The summed E-state index contributed by atoms with van der Waals surface area (Å²) in [5.74, 6) is 0.143. The van der Waals surface area contributed by atoms with Crippen LogP contribution in [0.15, 0.2) is 36.0 Å². The van der Waals surface area contributed by atoms with E-state index in [1.807, 2.05) is 26.8 Å². The molecule has 1 heteroatoms. The minimum Gasteiger partial charge on any atom is -0.294 e.